The Morgan fingerprint density at radius 2 is 1.74 bits per heavy atom. The summed E-state index contributed by atoms with van der Waals surface area (Å²) in [4.78, 5) is 2.17. The summed E-state index contributed by atoms with van der Waals surface area (Å²) in [5.74, 6) is 1.54. The largest absolute Gasteiger partial charge is 0.492 e. The molecule has 0 amide bonds. The van der Waals surface area contributed by atoms with E-state index < -0.39 is 10.0 Å². The first-order valence-corrected chi connectivity index (χ1v) is 11.3. The van der Waals surface area contributed by atoms with Gasteiger partial charge in [-0.25, -0.2) is 8.42 Å². The van der Waals surface area contributed by atoms with Crippen LogP contribution in [0.4, 0.5) is 11.4 Å². The quantitative estimate of drug-likeness (QED) is 0.650. The summed E-state index contributed by atoms with van der Waals surface area (Å²) >= 11 is 0. The van der Waals surface area contributed by atoms with Gasteiger partial charge in [0.05, 0.1) is 43.6 Å². The number of morpholine rings is 1. The molecule has 0 atom stereocenters. The van der Waals surface area contributed by atoms with Gasteiger partial charge >= 0.3 is 0 Å². The van der Waals surface area contributed by atoms with Gasteiger partial charge in [0, 0.05) is 25.2 Å². The standard InChI is InChI=1S/C19H32N2O5S/c1-5-25-18-14-17(21-8-10-24-11-9-21)19(26-6-2)13-16(18)20-27(22,23)12-7-15(3)4/h13-15,20H,5-12H2,1-4H3. The number of hydrogen-bond donors (Lipinski definition) is 1. The van der Waals surface area contributed by atoms with Gasteiger partial charge in [-0.15, -0.1) is 0 Å². The van der Waals surface area contributed by atoms with E-state index in [0.29, 0.717) is 56.0 Å². The average Bonchev–Trinajstić information content (AvgIpc) is 2.63. The lowest BCUT2D eigenvalue weighted by Crippen LogP contribution is -2.36. The number of sulfonamides is 1. The third-order valence-corrected chi connectivity index (χ3v) is 5.55. The predicted molar refractivity (Wildman–Crippen MR) is 109 cm³/mol. The Balaban J connectivity index is 2.36. The van der Waals surface area contributed by atoms with Crippen LogP contribution in [0.25, 0.3) is 0 Å². The third kappa shape index (κ3) is 6.46. The number of nitrogens with one attached hydrogen (secondary N) is 1. The van der Waals surface area contributed by atoms with Crippen LogP contribution >= 0.6 is 0 Å². The van der Waals surface area contributed by atoms with Crippen molar-refractivity contribution in [1.82, 2.24) is 0 Å². The van der Waals surface area contributed by atoms with Crippen molar-refractivity contribution in [3.63, 3.8) is 0 Å². The Morgan fingerprint density at radius 1 is 1.11 bits per heavy atom. The van der Waals surface area contributed by atoms with Gasteiger partial charge in [0.2, 0.25) is 10.0 Å². The van der Waals surface area contributed by atoms with Crippen LogP contribution in [-0.4, -0.2) is 53.7 Å². The van der Waals surface area contributed by atoms with E-state index in [1.54, 1.807) is 6.07 Å². The van der Waals surface area contributed by atoms with Crippen LogP contribution < -0.4 is 19.1 Å². The lowest BCUT2D eigenvalue weighted by Gasteiger charge is -2.31. The molecule has 1 fully saturated rings. The number of hydrogen-bond acceptors (Lipinski definition) is 6. The van der Waals surface area contributed by atoms with E-state index in [1.807, 2.05) is 33.8 Å². The van der Waals surface area contributed by atoms with E-state index in [2.05, 4.69) is 9.62 Å². The smallest absolute Gasteiger partial charge is 0.232 e. The first kappa shape index (κ1) is 21.6. The highest BCUT2D eigenvalue weighted by molar-refractivity contribution is 7.92. The molecule has 1 aromatic rings. The summed E-state index contributed by atoms with van der Waals surface area (Å²) in [6.07, 6.45) is 0.601. The van der Waals surface area contributed by atoms with E-state index >= 15 is 0 Å². The normalized spacial score (nSPS) is 15.1. The van der Waals surface area contributed by atoms with Crippen molar-refractivity contribution >= 4 is 21.4 Å². The van der Waals surface area contributed by atoms with Crippen LogP contribution in [0.2, 0.25) is 0 Å². The first-order chi connectivity index (χ1) is 12.9. The van der Waals surface area contributed by atoms with E-state index in [4.69, 9.17) is 14.2 Å². The van der Waals surface area contributed by atoms with E-state index in [-0.39, 0.29) is 5.75 Å². The maximum atomic E-state index is 12.5. The van der Waals surface area contributed by atoms with Gasteiger partial charge in [0.1, 0.15) is 11.5 Å². The molecular weight excluding hydrogens is 368 g/mol. The van der Waals surface area contributed by atoms with Crippen molar-refractivity contribution in [1.29, 1.82) is 0 Å². The fourth-order valence-corrected chi connectivity index (χ4v) is 4.21. The molecule has 1 N–H and O–H groups in total. The van der Waals surface area contributed by atoms with E-state index in [9.17, 15) is 8.42 Å². The van der Waals surface area contributed by atoms with Crippen molar-refractivity contribution in [3.05, 3.63) is 12.1 Å². The monoisotopic (exact) mass is 400 g/mol. The van der Waals surface area contributed by atoms with Gasteiger partial charge in [0.15, 0.2) is 0 Å². The second-order valence-electron chi connectivity index (χ2n) is 6.88. The van der Waals surface area contributed by atoms with Crippen LogP contribution in [0.5, 0.6) is 11.5 Å². The first-order valence-electron chi connectivity index (χ1n) is 9.63. The fraction of sp³-hybridized carbons (Fsp3) is 0.684. The number of rotatable bonds is 10. The Kier molecular flexibility index (Phi) is 8.04. The van der Waals surface area contributed by atoms with Gasteiger partial charge in [-0.1, -0.05) is 13.8 Å². The molecule has 0 spiro atoms. The molecule has 1 aliphatic heterocycles. The number of ether oxygens (including phenoxy) is 3. The number of anilines is 2. The summed E-state index contributed by atoms with van der Waals surface area (Å²) < 4.78 is 44.6. The topological polar surface area (TPSA) is 77.1 Å². The predicted octanol–water partition coefficient (Wildman–Crippen LogP) is 3.11. The molecule has 7 nitrogen and oxygen atoms in total. The SMILES string of the molecule is CCOc1cc(N2CCOCC2)c(OCC)cc1NS(=O)(=O)CCC(C)C. The molecule has 1 heterocycles. The van der Waals surface area contributed by atoms with Gasteiger partial charge < -0.3 is 19.1 Å². The molecule has 0 aliphatic carbocycles. The molecule has 1 aromatic carbocycles. The van der Waals surface area contributed by atoms with Crippen molar-refractivity contribution in [3.8, 4) is 11.5 Å². The third-order valence-electron chi connectivity index (χ3n) is 4.24. The Morgan fingerprint density at radius 3 is 2.33 bits per heavy atom. The Hall–Kier alpha value is -1.67. The molecule has 2 rings (SSSR count). The lowest BCUT2D eigenvalue weighted by atomic mass is 10.2. The van der Waals surface area contributed by atoms with Crippen LogP contribution in [0.1, 0.15) is 34.1 Å². The summed E-state index contributed by atoms with van der Waals surface area (Å²) in [5.41, 5.74) is 1.31. The highest BCUT2D eigenvalue weighted by atomic mass is 32.2. The van der Waals surface area contributed by atoms with Gasteiger partial charge in [-0.3, -0.25) is 4.72 Å². The van der Waals surface area contributed by atoms with Crippen LogP contribution in [0.3, 0.4) is 0 Å². The Bertz CT molecular complexity index is 700. The number of benzene rings is 1. The van der Waals surface area contributed by atoms with E-state index in [1.165, 1.54) is 0 Å². The Labute approximate surface area is 163 Å². The zero-order chi connectivity index (χ0) is 19.9. The fourth-order valence-electron chi connectivity index (χ4n) is 2.84. The highest BCUT2D eigenvalue weighted by Crippen LogP contribution is 2.39. The minimum Gasteiger partial charge on any atom is -0.492 e. The average molecular weight is 401 g/mol. The molecule has 154 valence electrons. The molecule has 0 radical (unpaired) electrons. The molecule has 0 unspecified atom stereocenters. The molecule has 8 heteroatoms. The van der Waals surface area contributed by atoms with Crippen LogP contribution in [0, 0.1) is 5.92 Å². The molecule has 0 bridgehead atoms. The minimum atomic E-state index is -3.46. The lowest BCUT2D eigenvalue weighted by molar-refractivity contribution is 0.122. The molecule has 1 saturated heterocycles. The van der Waals surface area contributed by atoms with Crippen molar-refractivity contribution in [2.24, 2.45) is 5.92 Å². The number of nitrogens with zero attached hydrogens (tertiary/aromatic N) is 1. The summed E-state index contributed by atoms with van der Waals surface area (Å²) in [6.45, 7) is 11.5. The second-order valence-corrected chi connectivity index (χ2v) is 8.73. The molecule has 0 saturated carbocycles. The van der Waals surface area contributed by atoms with Crippen molar-refractivity contribution in [2.75, 3.05) is 54.9 Å². The van der Waals surface area contributed by atoms with Gasteiger partial charge in [0.25, 0.3) is 0 Å². The molecule has 1 aliphatic rings. The zero-order valence-electron chi connectivity index (χ0n) is 16.8. The molecule has 0 aromatic heterocycles. The van der Waals surface area contributed by atoms with E-state index in [0.717, 1.165) is 18.8 Å². The summed E-state index contributed by atoms with van der Waals surface area (Å²) in [5, 5.41) is 0. The van der Waals surface area contributed by atoms with Crippen LogP contribution in [-0.2, 0) is 14.8 Å². The molecular formula is C19H32N2O5S. The maximum absolute atomic E-state index is 12.5. The van der Waals surface area contributed by atoms with Crippen LogP contribution in [0.15, 0.2) is 12.1 Å². The van der Waals surface area contributed by atoms with Gasteiger partial charge in [-0.2, -0.15) is 0 Å². The van der Waals surface area contributed by atoms with Crippen molar-refractivity contribution < 1.29 is 22.6 Å². The molecule has 27 heavy (non-hydrogen) atoms. The van der Waals surface area contributed by atoms with Crippen molar-refractivity contribution in [2.45, 2.75) is 34.1 Å². The summed E-state index contributed by atoms with van der Waals surface area (Å²) in [7, 11) is -3.46. The van der Waals surface area contributed by atoms with Gasteiger partial charge in [-0.05, 0) is 26.2 Å². The minimum absolute atomic E-state index is 0.0748. The second kappa shape index (κ2) is 10.0. The summed E-state index contributed by atoms with van der Waals surface area (Å²) in [6, 6.07) is 3.59. The zero-order valence-corrected chi connectivity index (χ0v) is 17.6. The maximum Gasteiger partial charge on any atom is 0.232 e. The highest BCUT2D eigenvalue weighted by Gasteiger charge is 2.22.